The zero-order chi connectivity index (χ0) is 24.9. The van der Waals surface area contributed by atoms with Crippen LogP contribution in [0.4, 0.5) is 19.0 Å². The van der Waals surface area contributed by atoms with E-state index in [0.29, 0.717) is 72.8 Å². The fourth-order valence-electron chi connectivity index (χ4n) is 5.03. The minimum absolute atomic E-state index is 0.0804. The Labute approximate surface area is 200 Å². The van der Waals surface area contributed by atoms with Gasteiger partial charge in [-0.1, -0.05) is 18.2 Å². The smallest absolute Gasteiger partial charge is 0.266 e. The number of nitrogens with one attached hydrogen (secondary N) is 1. The highest BCUT2D eigenvalue weighted by Crippen LogP contribution is 2.45. The van der Waals surface area contributed by atoms with Crippen molar-refractivity contribution < 1.29 is 28.1 Å². The molecule has 10 heteroatoms. The number of hydrogen-bond donors (Lipinski definition) is 3. The molecule has 1 fully saturated rings. The van der Waals surface area contributed by atoms with Gasteiger partial charge in [0.25, 0.3) is 6.43 Å². The molecule has 1 atom stereocenters. The summed E-state index contributed by atoms with van der Waals surface area (Å²) < 4.78 is 47.1. The number of ether oxygens (including phenoxy) is 1. The Morgan fingerprint density at radius 3 is 2.54 bits per heavy atom. The lowest BCUT2D eigenvalue weighted by Gasteiger charge is -2.34. The summed E-state index contributed by atoms with van der Waals surface area (Å²) in [4.78, 5) is 13.8. The number of anilines is 1. The molecule has 0 bridgehead atoms. The van der Waals surface area contributed by atoms with Gasteiger partial charge < -0.3 is 20.3 Å². The normalized spacial score (nSPS) is 22.8. The molecule has 1 aliphatic heterocycles. The number of halogens is 3. The Morgan fingerprint density at radius 1 is 1.11 bits per heavy atom. The van der Waals surface area contributed by atoms with Crippen LogP contribution in [0.2, 0.25) is 0 Å². The summed E-state index contributed by atoms with van der Waals surface area (Å²) in [6.45, 7) is 3.81. The van der Waals surface area contributed by atoms with Crippen LogP contribution in [0.5, 0.6) is 5.75 Å². The number of fused-ring (bicyclic) bond motifs is 3. The fraction of sp³-hybridized carbons (Fsp3) is 0.480. The van der Waals surface area contributed by atoms with Crippen LogP contribution in [-0.2, 0) is 12.0 Å². The van der Waals surface area contributed by atoms with Crippen LogP contribution >= 0.6 is 0 Å². The van der Waals surface area contributed by atoms with Crippen molar-refractivity contribution in [2.24, 2.45) is 0 Å². The summed E-state index contributed by atoms with van der Waals surface area (Å²) >= 11 is 0. The summed E-state index contributed by atoms with van der Waals surface area (Å²) in [7, 11) is 0. The molecule has 2 aromatic heterocycles. The third-order valence-electron chi connectivity index (χ3n) is 6.93. The number of aromatic nitrogens is 3. The second-order valence-corrected chi connectivity index (χ2v) is 9.36. The highest BCUT2D eigenvalue weighted by atomic mass is 19.3. The van der Waals surface area contributed by atoms with Gasteiger partial charge >= 0.3 is 0 Å². The summed E-state index contributed by atoms with van der Waals surface area (Å²) in [6.07, 6.45) is -1.26. The van der Waals surface area contributed by atoms with E-state index in [1.54, 1.807) is 13.8 Å². The summed E-state index contributed by atoms with van der Waals surface area (Å²) in [5, 5.41) is 24.5. The van der Waals surface area contributed by atoms with Crippen LogP contribution in [0.1, 0.15) is 73.3 Å². The summed E-state index contributed by atoms with van der Waals surface area (Å²) in [5.74, 6) is 0.328. The zero-order valence-corrected chi connectivity index (χ0v) is 19.5. The minimum atomic E-state index is -2.93. The summed E-state index contributed by atoms with van der Waals surface area (Å²) in [6, 6.07) is 3.22. The number of alkyl halides is 2. The Bertz CT molecular complexity index is 1280. The largest absolute Gasteiger partial charge is 0.491 e. The molecule has 3 heterocycles. The number of hydrogen-bond acceptors (Lipinski definition) is 7. The maximum Gasteiger partial charge on any atom is 0.266 e. The van der Waals surface area contributed by atoms with Crippen molar-refractivity contribution in [1.29, 1.82) is 0 Å². The van der Waals surface area contributed by atoms with Crippen LogP contribution in [0.25, 0.3) is 11.0 Å². The monoisotopic (exact) mass is 488 g/mol. The van der Waals surface area contributed by atoms with Gasteiger partial charge in [-0.25, -0.2) is 28.1 Å². The Balaban J connectivity index is 1.61. The molecular weight excluding hydrogens is 461 g/mol. The van der Waals surface area contributed by atoms with Crippen molar-refractivity contribution in [3.05, 3.63) is 52.2 Å². The molecule has 35 heavy (non-hydrogen) atoms. The number of aliphatic hydroxyl groups is 2. The maximum atomic E-state index is 14.8. The first-order chi connectivity index (χ1) is 16.7. The van der Waals surface area contributed by atoms with E-state index >= 15 is 0 Å². The molecule has 7 nitrogen and oxygen atoms in total. The van der Waals surface area contributed by atoms with Gasteiger partial charge in [0.2, 0.25) is 0 Å². The molecule has 1 aromatic carbocycles. The molecule has 0 saturated heterocycles. The number of aliphatic hydroxyl groups excluding tert-OH is 1. The second-order valence-electron chi connectivity index (χ2n) is 9.36. The highest BCUT2D eigenvalue weighted by molar-refractivity contribution is 5.90. The van der Waals surface area contributed by atoms with Crippen LogP contribution in [0, 0.1) is 12.7 Å². The van der Waals surface area contributed by atoms with E-state index in [-0.39, 0.29) is 5.56 Å². The molecule has 0 unspecified atom stereocenters. The number of rotatable bonds is 5. The quantitative estimate of drug-likeness (QED) is 0.481. The first-order valence-corrected chi connectivity index (χ1v) is 11.8. The standard InChI is InChI=1S/C25H27F3N4O3/c1-12(15-4-3-5-16(18(15)26)23(27)28)29-24-20-19(30-13(2)31-24)17-8-11-35-21(17)22(32-20)25(34)9-6-14(33)7-10-25/h3-5,12,14,23,33-34H,6-11H2,1-2H3,(H,29,30,31)/t12-,14-,25+/m1/s1. The number of benzene rings is 1. The van der Waals surface area contributed by atoms with E-state index in [9.17, 15) is 23.4 Å². The Hall–Kier alpha value is -2.98. The Kier molecular flexibility index (Phi) is 6.04. The number of nitrogens with zero attached hydrogens (tertiary/aromatic N) is 3. The van der Waals surface area contributed by atoms with Crippen LogP contribution in [-0.4, -0.2) is 37.9 Å². The lowest BCUT2D eigenvalue weighted by atomic mass is 9.80. The van der Waals surface area contributed by atoms with Gasteiger partial charge in [0.15, 0.2) is 5.82 Å². The lowest BCUT2D eigenvalue weighted by molar-refractivity contribution is -0.0404. The second kappa shape index (κ2) is 8.91. The average molecular weight is 489 g/mol. The van der Waals surface area contributed by atoms with E-state index in [1.165, 1.54) is 12.1 Å². The predicted octanol–water partition coefficient (Wildman–Crippen LogP) is 4.64. The van der Waals surface area contributed by atoms with Gasteiger partial charge in [-0.15, -0.1) is 0 Å². The van der Waals surface area contributed by atoms with Crippen molar-refractivity contribution in [3.63, 3.8) is 0 Å². The SMILES string of the molecule is Cc1nc(N[C@H](C)c2cccc(C(F)F)c2F)c2nc([C@]3(O)CC[C@@H](O)CC3)c3c(c2n1)CCO3. The third-order valence-corrected chi connectivity index (χ3v) is 6.93. The topological polar surface area (TPSA) is 100 Å². The molecule has 0 spiro atoms. The molecule has 3 aromatic rings. The molecule has 1 saturated carbocycles. The van der Waals surface area contributed by atoms with Gasteiger partial charge in [0, 0.05) is 17.5 Å². The van der Waals surface area contributed by atoms with Crippen molar-refractivity contribution in [3.8, 4) is 5.75 Å². The molecule has 1 aliphatic carbocycles. The van der Waals surface area contributed by atoms with Gasteiger partial charge in [0.05, 0.1) is 24.3 Å². The Morgan fingerprint density at radius 2 is 1.83 bits per heavy atom. The molecule has 3 N–H and O–H groups in total. The van der Waals surface area contributed by atoms with E-state index in [0.717, 1.165) is 11.6 Å². The van der Waals surface area contributed by atoms with Crippen molar-refractivity contribution in [2.45, 2.75) is 70.1 Å². The van der Waals surface area contributed by atoms with Crippen LogP contribution in [0.15, 0.2) is 18.2 Å². The molecule has 0 amide bonds. The molecule has 5 rings (SSSR count). The first kappa shape index (κ1) is 23.7. The van der Waals surface area contributed by atoms with Crippen molar-refractivity contribution >= 4 is 16.9 Å². The van der Waals surface area contributed by atoms with Gasteiger partial charge in [0.1, 0.15) is 39.7 Å². The molecule has 2 aliphatic rings. The minimum Gasteiger partial charge on any atom is -0.491 e. The predicted molar refractivity (Wildman–Crippen MR) is 123 cm³/mol. The fourth-order valence-corrected chi connectivity index (χ4v) is 5.03. The van der Waals surface area contributed by atoms with E-state index < -0.39 is 35.6 Å². The van der Waals surface area contributed by atoms with Gasteiger partial charge in [-0.2, -0.15) is 0 Å². The van der Waals surface area contributed by atoms with Gasteiger partial charge in [-0.05, 0) is 39.5 Å². The van der Waals surface area contributed by atoms with Gasteiger partial charge in [-0.3, -0.25) is 0 Å². The third kappa shape index (κ3) is 4.18. The lowest BCUT2D eigenvalue weighted by Crippen LogP contribution is -2.34. The molecule has 0 radical (unpaired) electrons. The highest BCUT2D eigenvalue weighted by Gasteiger charge is 2.41. The number of pyridine rings is 1. The summed E-state index contributed by atoms with van der Waals surface area (Å²) in [5.41, 5.74) is 0.327. The van der Waals surface area contributed by atoms with E-state index in [4.69, 9.17) is 9.72 Å². The van der Waals surface area contributed by atoms with E-state index in [2.05, 4.69) is 15.3 Å². The van der Waals surface area contributed by atoms with Crippen molar-refractivity contribution in [1.82, 2.24) is 15.0 Å². The zero-order valence-electron chi connectivity index (χ0n) is 19.5. The first-order valence-electron chi connectivity index (χ1n) is 11.8. The maximum absolute atomic E-state index is 14.8. The number of aryl methyl sites for hydroxylation is 1. The van der Waals surface area contributed by atoms with Crippen molar-refractivity contribution in [2.75, 3.05) is 11.9 Å². The molecule has 186 valence electrons. The molecular formula is C25H27F3N4O3. The average Bonchev–Trinajstić information content (AvgIpc) is 3.31. The van der Waals surface area contributed by atoms with Crippen LogP contribution in [0.3, 0.4) is 0 Å². The van der Waals surface area contributed by atoms with E-state index in [1.807, 2.05) is 0 Å². The van der Waals surface area contributed by atoms with Crippen LogP contribution < -0.4 is 10.1 Å².